The van der Waals surface area contributed by atoms with E-state index in [1.54, 1.807) is 22.7 Å². The number of carbonyl (C=O) groups is 1. The van der Waals surface area contributed by atoms with Crippen LogP contribution in [0.1, 0.15) is 17.5 Å². The predicted octanol–water partition coefficient (Wildman–Crippen LogP) is 4.58. The second-order valence-corrected chi connectivity index (χ2v) is 7.59. The topological polar surface area (TPSA) is 29.5 Å². The van der Waals surface area contributed by atoms with Gasteiger partial charge in [0.2, 0.25) is 5.91 Å². The Labute approximate surface area is 153 Å². The molecule has 0 aromatic heterocycles. The zero-order chi connectivity index (χ0) is 18.3. The van der Waals surface area contributed by atoms with Gasteiger partial charge in [-0.05, 0) is 54.7 Å². The van der Waals surface area contributed by atoms with Crippen LogP contribution in [0.5, 0.6) is 5.75 Å². The molecule has 1 amide bonds. The number of alkyl halides is 3. The van der Waals surface area contributed by atoms with Crippen molar-refractivity contribution in [2.45, 2.75) is 35.8 Å². The zero-order valence-corrected chi connectivity index (χ0v) is 14.6. The number of nitrogens with zero attached hydrogens (tertiary/aromatic N) is 1. The van der Waals surface area contributed by atoms with Crippen LogP contribution in [0.25, 0.3) is 0 Å². The molecule has 2 heterocycles. The number of anilines is 1. The number of benzene rings is 2. The second kappa shape index (κ2) is 6.54. The van der Waals surface area contributed by atoms with Gasteiger partial charge in [-0.3, -0.25) is 4.79 Å². The van der Waals surface area contributed by atoms with Gasteiger partial charge in [0.15, 0.2) is 0 Å². The van der Waals surface area contributed by atoms with E-state index < -0.39 is 6.36 Å². The van der Waals surface area contributed by atoms with Crippen molar-refractivity contribution in [3.63, 3.8) is 0 Å². The molecular formula is C19H16F3NO2S. The van der Waals surface area contributed by atoms with E-state index in [0.717, 1.165) is 11.3 Å². The van der Waals surface area contributed by atoms with Crippen LogP contribution in [0.4, 0.5) is 18.9 Å². The summed E-state index contributed by atoms with van der Waals surface area (Å²) in [5, 5.41) is -0.190. The minimum absolute atomic E-state index is 0.0108. The van der Waals surface area contributed by atoms with Crippen molar-refractivity contribution in [1.29, 1.82) is 0 Å². The Bertz CT molecular complexity index is 828. The number of amides is 1. The first kappa shape index (κ1) is 17.3. The zero-order valence-electron chi connectivity index (χ0n) is 13.8. The number of carbonyl (C=O) groups excluding carboxylic acids is 1. The van der Waals surface area contributed by atoms with Gasteiger partial charge in [0.25, 0.3) is 0 Å². The van der Waals surface area contributed by atoms with E-state index in [1.165, 1.54) is 17.7 Å². The number of fused-ring (bicyclic) bond motifs is 2. The van der Waals surface area contributed by atoms with E-state index in [1.807, 2.05) is 24.3 Å². The summed E-state index contributed by atoms with van der Waals surface area (Å²) in [6.45, 7) is 0.582. The van der Waals surface area contributed by atoms with Gasteiger partial charge in [0.05, 0.1) is 5.25 Å². The highest BCUT2D eigenvalue weighted by atomic mass is 32.2. The fourth-order valence-electron chi connectivity index (χ4n) is 3.49. The molecule has 2 aromatic rings. The Morgan fingerprint density at radius 1 is 1.15 bits per heavy atom. The number of hydrogen-bond acceptors (Lipinski definition) is 3. The molecule has 3 nitrogen and oxygen atoms in total. The maximum absolute atomic E-state index is 13.0. The van der Waals surface area contributed by atoms with Crippen molar-refractivity contribution < 1.29 is 22.7 Å². The average molecular weight is 379 g/mol. The summed E-state index contributed by atoms with van der Waals surface area (Å²) < 4.78 is 41.3. The van der Waals surface area contributed by atoms with Crippen LogP contribution in [0.15, 0.2) is 47.4 Å². The summed E-state index contributed by atoms with van der Waals surface area (Å²) in [5.74, 6) is -0.232. The van der Waals surface area contributed by atoms with Gasteiger partial charge in [-0.15, -0.1) is 24.9 Å². The molecule has 0 bridgehead atoms. The van der Waals surface area contributed by atoms with Crippen LogP contribution in [0, 0.1) is 0 Å². The number of hydrogen-bond donors (Lipinski definition) is 0. The summed E-state index contributed by atoms with van der Waals surface area (Å²) in [6, 6.07) is 12.2. The van der Waals surface area contributed by atoms with Crippen molar-refractivity contribution in [1.82, 2.24) is 0 Å². The molecule has 0 saturated heterocycles. The molecule has 26 heavy (non-hydrogen) atoms. The van der Waals surface area contributed by atoms with Crippen molar-refractivity contribution in [2.75, 3.05) is 11.4 Å². The van der Waals surface area contributed by atoms with Gasteiger partial charge in [0, 0.05) is 17.1 Å². The lowest BCUT2D eigenvalue weighted by atomic mass is 10.0. The monoisotopic (exact) mass is 379 g/mol. The lowest BCUT2D eigenvalue weighted by Crippen LogP contribution is -2.41. The molecule has 2 aliphatic heterocycles. The molecule has 4 rings (SSSR count). The second-order valence-electron chi connectivity index (χ2n) is 6.35. The number of rotatable bonds is 2. The van der Waals surface area contributed by atoms with Crippen molar-refractivity contribution >= 4 is 23.4 Å². The van der Waals surface area contributed by atoms with Crippen LogP contribution in [-0.2, 0) is 17.6 Å². The highest BCUT2D eigenvalue weighted by Crippen LogP contribution is 2.40. The maximum Gasteiger partial charge on any atom is 0.573 e. The average Bonchev–Trinajstić information content (AvgIpc) is 3.03. The van der Waals surface area contributed by atoms with E-state index in [0.29, 0.717) is 30.6 Å². The van der Waals surface area contributed by atoms with Crippen LogP contribution >= 0.6 is 11.8 Å². The molecule has 0 fully saturated rings. The van der Waals surface area contributed by atoms with Crippen molar-refractivity contribution in [2.24, 2.45) is 0 Å². The van der Waals surface area contributed by atoms with Crippen molar-refractivity contribution in [3.8, 4) is 5.75 Å². The summed E-state index contributed by atoms with van der Waals surface area (Å²) in [5.41, 5.74) is 2.57. The SMILES string of the molecule is O=C(C1Cc2ccccc2S1)N1CCCc2cc(OC(F)(F)F)ccc21. The minimum Gasteiger partial charge on any atom is -0.406 e. The molecule has 0 radical (unpaired) electrons. The molecular weight excluding hydrogens is 363 g/mol. The standard InChI is InChI=1S/C19H16F3NO2S/c20-19(21,22)25-14-7-8-15-12(10-14)5-3-9-23(15)18(24)17-11-13-4-1-2-6-16(13)26-17/h1-2,4,6-8,10,17H,3,5,9,11H2. The molecule has 136 valence electrons. The van der Waals surface area contributed by atoms with Gasteiger partial charge >= 0.3 is 6.36 Å². The van der Waals surface area contributed by atoms with E-state index in [4.69, 9.17) is 0 Å². The number of aryl methyl sites for hydroxylation is 1. The van der Waals surface area contributed by atoms with Crippen LogP contribution in [0.2, 0.25) is 0 Å². The third kappa shape index (κ3) is 3.40. The fourth-order valence-corrected chi connectivity index (χ4v) is 4.75. The fraction of sp³-hybridized carbons (Fsp3) is 0.316. The molecule has 0 spiro atoms. The molecule has 0 N–H and O–H groups in total. The maximum atomic E-state index is 13.0. The quantitative estimate of drug-likeness (QED) is 0.765. The molecule has 1 unspecified atom stereocenters. The molecule has 2 aromatic carbocycles. The summed E-state index contributed by atoms with van der Waals surface area (Å²) >= 11 is 1.56. The summed E-state index contributed by atoms with van der Waals surface area (Å²) in [4.78, 5) is 15.9. The Hall–Kier alpha value is -2.15. The lowest BCUT2D eigenvalue weighted by Gasteiger charge is -2.31. The smallest absolute Gasteiger partial charge is 0.406 e. The van der Waals surface area contributed by atoms with Gasteiger partial charge in [-0.2, -0.15) is 0 Å². The van der Waals surface area contributed by atoms with Gasteiger partial charge < -0.3 is 9.64 Å². The Kier molecular flexibility index (Phi) is 4.34. The first-order valence-electron chi connectivity index (χ1n) is 8.35. The van der Waals surface area contributed by atoms with Gasteiger partial charge in [-0.1, -0.05) is 18.2 Å². The third-order valence-corrected chi connectivity index (χ3v) is 5.90. The molecule has 0 saturated carbocycles. The van der Waals surface area contributed by atoms with Crippen LogP contribution < -0.4 is 9.64 Å². The number of ether oxygens (including phenoxy) is 1. The molecule has 1 atom stereocenters. The number of thioether (sulfide) groups is 1. The number of halogens is 3. The molecule has 2 aliphatic rings. The molecule has 7 heteroatoms. The van der Waals surface area contributed by atoms with Crippen LogP contribution in [0.3, 0.4) is 0 Å². The van der Waals surface area contributed by atoms with E-state index in [2.05, 4.69) is 4.74 Å². The Morgan fingerprint density at radius 2 is 1.96 bits per heavy atom. The van der Waals surface area contributed by atoms with E-state index >= 15 is 0 Å². The third-order valence-electron chi connectivity index (χ3n) is 4.59. The summed E-state index contributed by atoms with van der Waals surface area (Å²) in [6.07, 6.45) is -2.68. The van der Waals surface area contributed by atoms with E-state index in [-0.39, 0.29) is 16.9 Å². The van der Waals surface area contributed by atoms with Crippen molar-refractivity contribution in [3.05, 3.63) is 53.6 Å². The minimum atomic E-state index is -4.72. The molecule has 0 aliphatic carbocycles. The highest BCUT2D eigenvalue weighted by molar-refractivity contribution is 8.01. The Morgan fingerprint density at radius 3 is 2.73 bits per heavy atom. The first-order chi connectivity index (χ1) is 12.4. The Balaban J connectivity index is 1.55. The predicted molar refractivity (Wildman–Crippen MR) is 93.6 cm³/mol. The normalized spacial score (nSPS) is 19.0. The lowest BCUT2D eigenvalue weighted by molar-refractivity contribution is -0.274. The van der Waals surface area contributed by atoms with Gasteiger partial charge in [-0.25, -0.2) is 0 Å². The van der Waals surface area contributed by atoms with Gasteiger partial charge in [0.1, 0.15) is 5.75 Å². The van der Waals surface area contributed by atoms with E-state index in [9.17, 15) is 18.0 Å². The summed E-state index contributed by atoms with van der Waals surface area (Å²) in [7, 11) is 0. The first-order valence-corrected chi connectivity index (χ1v) is 9.23. The highest BCUT2D eigenvalue weighted by Gasteiger charge is 2.35. The van der Waals surface area contributed by atoms with Crippen LogP contribution in [-0.4, -0.2) is 24.1 Å². The largest absolute Gasteiger partial charge is 0.573 e.